The van der Waals surface area contributed by atoms with Gasteiger partial charge in [-0.2, -0.15) is 13.2 Å². The Bertz CT molecular complexity index is 468. The van der Waals surface area contributed by atoms with Crippen LogP contribution < -0.4 is 0 Å². The second kappa shape index (κ2) is 2.77. The highest BCUT2D eigenvalue weighted by molar-refractivity contribution is 5.81. The van der Waals surface area contributed by atoms with E-state index in [-0.39, 0.29) is 0 Å². The van der Waals surface area contributed by atoms with E-state index in [4.69, 9.17) is 0 Å². The Morgan fingerprint density at radius 1 is 1.14 bits per heavy atom. The van der Waals surface area contributed by atoms with Crippen LogP contribution in [0.3, 0.4) is 0 Å². The van der Waals surface area contributed by atoms with Crippen LogP contribution in [-0.4, -0.2) is 4.57 Å². The van der Waals surface area contributed by atoms with Crippen molar-refractivity contribution in [2.75, 3.05) is 0 Å². The molecule has 0 aliphatic carbocycles. The number of fused-ring (bicyclic) bond motifs is 1. The first-order valence-corrected chi connectivity index (χ1v) is 4.12. The lowest BCUT2D eigenvalue weighted by Crippen LogP contribution is -2.10. The average Bonchev–Trinajstić information content (AvgIpc) is 2.44. The Morgan fingerprint density at radius 3 is 2.36 bits per heavy atom. The Kier molecular flexibility index (Phi) is 1.80. The van der Waals surface area contributed by atoms with Crippen LogP contribution in [-0.2, 0) is 13.2 Å². The van der Waals surface area contributed by atoms with Gasteiger partial charge in [-0.15, -0.1) is 0 Å². The molecule has 1 aromatic carbocycles. The van der Waals surface area contributed by atoms with Crippen LogP contribution in [0.4, 0.5) is 13.2 Å². The van der Waals surface area contributed by atoms with Crippen molar-refractivity contribution in [1.29, 1.82) is 0 Å². The molecule has 0 amide bonds. The molecule has 0 atom stereocenters. The van der Waals surface area contributed by atoms with Gasteiger partial charge in [-0.25, -0.2) is 0 Å². The Balaban J connectivity index is 2.75. The van der Waals surface area contributed by atoms with E-state index in [9.17, 15) is 13.2 Å². The number of rotatable bonds is 0. The number of alkyl halides is 3. The molecule has 0 spiro atoms. The highest BCUT2D eigenvalue weighted by Crippen LogP contribution is 2.32. The molecule has 0 fully saturated rings. The number of aromatic nitrogens is 1. The van der Waals surface area contributed by atoms with E-state index < -0.39 is 11.9 Å². The number of hydrogen-bond donors (Lipinski definition) is 0. The Morgan fingerprint density at radius 2 is 1.79 bits per heavy atom. The quantitative estimate of drug-likeness (QED) is 0.614. The topological polar surface area (TPSA) is 4.93 Å². The summed E-state index contributed by atoms with van der Waals surface area (Å²) in [6.07, 6.45) is -4.28. The molecule has 1 nitrogen and oxygen atoms in total. The number of halogens is 3. The second-order valence-corrected chi connectivity index (χ2v) is 3.15. The molecule has 0 saturated heterocycles. The van der Waals surface area contributed by atoms with Crippen molar-refractivity contribution < 1.29 is 13.2 Å². The number of aryl methyl sites for hydroxylation is 1. The van der Waals surface area contributed by atoms with Crippen LogP contribution in [0.25, 0.3) is 10.9 Å². The third kappa shape index (κ3) is 1.27. The zero-order valence-electron chi connectivity index (χ0n) is 7.47. The molecule has 0 N–H and O–H groups in total. The largest absolute Gasteiger partial charge is 0.431 e. The number of benzene rings is 1. The van der Waals surface area contributed by atoms with E-state index in [2.05, 4.69) is 0 Å². The number of para-hydroxylation sites is 1. The van der Waals surface area contributed by atoms with Crippen LogP contribution in [0.1, 0.15) is 5.69 Å². The van der Waals surface area contributed by atoms with Crippen LogP contribution in [0, 0.1) is 0 Å². The van der Waals surface area contributed by atoms with Gasteiger partial charge < -0.3 is 4.57 Å². The molecule has 74 valence electrons. The molecule has 2 aromatic rings. The minimum Gasteiger partial charge on any atom is -0.340 e. The lowest BCUT2D eigenvalue weighted by Gasteiger charge is -2.07. The third-order valence-corrected chi connectivity index (χ3v) is 2.24. The molecule has 1 aromatic heterocycles. The van der Waals surface area contributed by atoms with Gasteiger partial charge >= 0.3 is 6.18 Å². The van der Waals surface area contributed by atoms with E-state index in [0.29, 0.717) is 10.9 Å². The van der Waals surface area contributed by atoms with E-state index in [1.807, 2.05) is 0 Å². The first kappa shape index (κ1) is 9.12. The Labute approximate surface area is 78.8 Å². The summed E-state index contributed by atoms with van der Waals surface area (Å²) in [7, 11) is 1.42. The fourth-order valence-electron chi connectivity index (χ4n) is 1.56. The fraction of sp³-hybridized carbons (Fsp3) is 0.200. The molecule has 4 heteroatoms. The lowest BCUT2D eigenvalue weighted by molar-refractivity contribution is -0.142. The maximum absolute atomic E-state index is 12.5. The predicted octanol–water partition coefficient (Wildman–Crippen LogP) is 3.20. The number of nitrogens with zero attached hydrogens (tertiary/aromatic N) is 1. The summed E-state index contributed by atoms with van der Waals surface area (Å²) in [6.45, 7) is 0. The molecule has 1 heterocycles. The first-order valence-electron chi connectivity index (χ1n) is 4.12. The smallest absolute Gasteiger partial charge is 0.340 e. The second-order valence-electron chi connectivity index (χ2n) is 3.15. The van der Waals surface area contributed by atoms with Crippen LogP contribution in [0.2, 0.25) is 0 Å². The van der Waals surface area contributed by atoms with Gasteiger partial charge in [-0.05, 0) is 12.1 Å². The molecular formula is C10H8F3N. The standard InChI is InChI=1S/C10H8F3N/c1-14-8-5-3-2-4-7(8)6-9(14)10(11,12)13/h2-6H,1H3. The summed E-state index contributed by atoms with van der Waals surface area (Å²) in [5.74, 6) is 0. The molecule has 0 radical (unpaired) electrons. The van der Waals surface area contributed by atoms with Crippen LogP contribution in [0.5, 0.6) is 0 Å². The van der Waals surface area contributed by atoms with E-state index in [1.165, 1.54) is 7.05 Å². The maximum atomic E-state index is 12.5. The molecule has 0 aliphatic heterocycles. The third-order valence-electron chi connectivity index (χ3n) is 2.24. The van der Waals surface area contributed by atoms with Crippen molar-refractivity contribution in [3.8, 4) is 0 Å². The highest BCUT2D eigenvalue weighted by atomic mass is 19.4. The van der Waals surface area contributed by atoms with Crippen molar-refractivity contribution in [2.45, 2.75) is 6.18 Å². The van der Waals surface area contributed by atoms with Gasteiger partial charge in [0.25, 0.3) is 0 Å². The summed E-state index contributed by atoms with van der Waals surface area (Å²) < 4.78 is 38.6. The van der Waals surface area contributed by atoms with Gasteiger partial charge in [-0.1, -0.05) is 18.2 Å². The molecule has 2 rings (SSSR count). The van der Waals surface area contributed by atoms with Crippen molar-refractivity contribution in [3.05, 3.63) is 36.0 Å². The summed E-state index contributed by atoms with van der Waals surface area (Å²) in [6, 6.07) is 7.95. The SMILES string of the molecule is Cn1c(C(F)(F)F)cc2ccccc21. The fourth-order valence-corrected chi connectivity index (χ4v) is 1.56. The van der Waals surface area contributed by atoms with Gasteiger partial charge in [0.1, 0.15) is 5.69 Å². The van der Waals surface area contributed by atoms with Crippen molar-refractivity contribution in [3.63, 3.8) is 0 Å². The van der Waals surface area contributed by atoms with Crippen molar-refractivity contribution in [1.82, 2.24) is 4.57 Å². The van der Waals surface area contributed by atoms with Gasteiger partial charge in [0, 0.05) is 18.0 Å². The van der Waals surface area contributed by atoms with Crippen molar-refractivity contribution >= 4 is 10.9 Å². The summed E-state index contributed by atoms with van der Waals surface area (Å²) >= 11 is 0. The summed E-state index contributed by atoms with van der Waals surface area (Å²) in [4.78, 5) is 0. The predicted molar refractivity (Wildman–Crippen MR) is 47.9 cm³/mol. The first-order chi connectivity index (χ1) is 6.50. The molecule has 0 aliphatic rings. The van der Waals surface area contributed by atoms with Gasteiger partial charge in [-0.3, -0.25) is 0 Å². The normalized spacial score (nSPS) is 12.3. The Hall–Kier alpha value is -1.45. The zero-order chi connectivity index (χ0) is 10.3. The monoisotopic (exact) mass is 199 g/mol. The van der Waals surface area contributed by atoms with E-state index in [0.717, 1.165) is 10.6 Å². The number of hydrogen-bond acceptors (Lipinski definition) is 0. The van der Waals surface area contributed by atoms with Gasteiger partial charge in [0.2, 0.25) is 0 Å². The van der Waals surface area contributed by atoms with E-state index >= 15 is 0 Å². The van der Waals surface area contributed by atoms with Gasteiger partial charge in [0.05, 0.1) is 0 Å². The van der Waals surface area contributed by atoms with Crippen LogP contribution in [0.15, 0.2) is 30.3 Å². The van der Waals surface area contributed by atoms with Gasteiger partial charge in [0.15, 0.2) is 0 Å². The highest BCUT2D eigenvalue weighted by Gasteiger charge is 2.34. The molecule has 0 saturated carbocycles. The van der Waals surface area contributed by atoms with Crippen LogP contribution >= 0.6 is 0 Å². The lowest BCUT2D eigenvalue weighted by atomic mass is 10.2. The maximum Gasteiger partial charge on any atom is 0.431 e. The molecule has 0 bridgehead atoms. The van der Waals surface area contributed by atoms with Crippen molar-refractivity contribution in [2.24, 2.45) is 7.05 Å². The average molecular weight is 199 g/mol. The molecule has 14 heavy (non-hydrogen) atoms. The summed E-state index contributed by atoms with van der Waals surface area (Å²) in [5.41, 5.74) is -0.0153. The molecular weight excluding hydrogens is 191 g/mol. The zero-order valence-corrected chi connectivity index (χ0v) is 7.47. The minimum absolute atomic E-state index is 0.597. The van der Waals surface area contributed by atoms with E-state index in [1.54, 1.807) is 24.3 Å². The molecule has 0 unspecified atom stereocenters. The minimum atomic E-state index is -4.28. The summed E-state index contributed by atoms with van der Waals surface area (Å²) in [5, 5.41) is 0.613.